The molecule has 0 saturated heterocycles. The average Bonchev–Trinajstić information content (AvgIpc) is 3.81. The van der Waals surface area contributed by atoms with E-state index in [1.54, 1.807) is 23.5 Å². The van der Waals surface area contributed by atoms with E-state index in [4.69, 9.17) is 19.4 Å². The van der Waals surface area contributed by atoms with Crippen molar-refractivity contribution in [2.24, 2.45) is 0 Å². The van der Waals surface area contributed by atoms with Crippen LogP contribution in [0.2, 0.25) is 0 Å². The summed E-state index contributed by atoms with van der Waals surface area (Å²) in [5, 5.41) is 16.1. The van der Waals surface area contributed by atoms with Gasteiger partial charge in [-0.25, -0.2) is 4.98 Å². The first kappa shape index (κ1) is 25.9. The SMILES string of the molecule is N#Cc1ccc(-c2nc(-c3ccccc3)nc(-n3c4ccccc4c4c5sc6ccccc6c5c5oc6ccccc6c5c43)n2)cc1. The lowest BCUT2D eigenvalue weighted by Gasteiger charge is -2.11. The molecule has 0 radical (unpaired) electrons. The fourth-order valence-electron chi connectivity index (χ4n) is 6.82. The van der Waals surface area contributed by atoms with E-state index < -0.39 is 0 Å². The quantitative estimate of drug-likeness (QED) is 0.197. The lowest BCUT2D eigenvalue weighted by atomic mass is 10.0. The number of furan rings is 1. The number of nitriles is 1. The summed E-state index contributed by atoms with van der Waals surface area (Å²) in [5.74, 6) is 1.61. The summed E-state index contributed by atoms with van der Waals surface area (Å²) in [6.45, 7) is 0. The molecule has 4 heterocycles. The molecule has 0 spiro atoms. The molecule has 4 aromatic heterocycles. The second-order valence-corrected chi connectivity index (χ2v) is 12.6. The maximum absolute atomic E-state index is 9.43. The maximum Gasteiger partial charge on any atom is 0.238 e. The van der Waals surface area contributed by atoms with Gasteiger partial charge in [-0.15, -0.1) is 11.3 Å². The number of rotatable bonds is 3. The Bertz CT molecular complexity index is 2880. The molecule has 0 aliphatic rings. The van der Waals surface area contributed by atoms with Crippen molar-refractivity contribution in [3.05, 3.63) is 133 Å². The summed E-state index contributed by atoms with van der Waals surface area (Å²) < 4.78 is 11.3. The highest BCUT2D eigenvalue weighted by Crippen LogP contribution is 2.50. The van der Waals surface area contributed by atoms with Gasteiger partial charge in [0.15, 0.2) is 11.6 Å². The topological polar surface area (TPSA) is 80.5 Å². The summed E-state index contributed by atoms with van der Waals surface area (Å²) in [6.07, 6.45) is 0. The first-order chi connectivity index (χ1) is 23.3. The van der Waals surface area contributed by atoms with Crippen LogP contribution in [0.4, 0.5) is 0 Å². The molecule has 0 fully saturated rings. The minimum atomic E-state index is 0.511. The van der Waals surface area contributed by atoms with Gasteiger partial charge in [0.1, 0.15) is 11.2 Å². The molecule has 7 heteroatoms. The molecule has 218 valence electrons. The minimum Gasteiger partial charge on any atom is -0.455 e. The normalized spacial score (nSPS) is 11.8. The predicted octanol–water partition coefficient (Wildman–Crippen LogP) is 10.4. The third kappa shape index (κ3) is 3.73. The largest absolute Gasteiger partial charge is 0.455 e. The van der Waals surface area contributed by atoms with Crippen molar-refractivity contribution in [1.29, 1.82) is 5.26 Å². The van der Waals surface area contributed by atoms with Crippen molar-refractivity contribution in [2.45, 2.75) is 0 Å². The van der Waals surface area contributed by atoms with E-state index in [1.807, 2.05) is 54.6 Å². The zero-order chi connectivity index (χ0) is 31.1. The van der Waals surface area contributed by atoms with E-state index >= 15 is 0 Å². The maximum atomic E-state index is 9.43. The third-order valence-corrected chi connectivity index (χ3v) is 10.1. The van der Waals surface area contributed by atoms with E-state index in [2.05, 4.69) is 71.3 Å². The van der Waals surface area contributed by atoms with Gasteiger partial charge in [0.2, 0.25) is 5.95 Å². The van der Waals surface area contributed by atoms with Crippen LogP contribution in [0.15, 0.2) is 132 Å². The smallest absolute Gasteiger partial charge is 0.238 e. The van der Waals surface area contributed by atoms with Crippen molar-refractivity contribution in [3.8, 4) is 34.8 Å². The van der Waals surface area contributed by atoms with Gasteiger partial charge in [-0.2, -0.15) is 15.2 Å². The summed E-state index contributed by atoms with van der Waals surface area (Å²) in [4.78, 5) is 15.3. The second kappa shape index (κ2) is 9.82. The molecule has 0 unspecified atom stereocenters. The monoisotopic (exact) mass is 619 g/mol. The number of fused-ring (bicyclic) bond motifs is 12. The first-order valence-corrected chi connectivity index (χ1v) is 16.1. The van der Waals surface area contributed by atoms with Crippen LogP contribution < -0.4 is 0 Å². The van der Waals surface area contributed by atoms with Crippen LogP contribution in [-0.2, 0) is 0 Å². The van der Waals surface area contributed by atoms with Gasteiger partial charge in [-0.3, -0.25) is 4.57 Å². The van der Waals surface area contributed by atoms with Gasteiger partial charge in [-0.05, 0) is 42.5 Å². The minimum absolute atomic E-state index is 0.511. The van der Waals surface area contributed by atoms with Crippen LogP contribution in [0, 0.1) is 11.3 Å². The van der Waals surface area contributed by atoms with Gasteiger partial charge in [-0.1, -0.05) is 84.9 Å². The van der Waals surface area contributed by atoms with Crippen molar-refractivity contribution in [2.75, 3.05) is 0 Å². The van der Waals surface area contributed by atoms with Crippen LogP contribution in [-0.4, -0.2) is 19.5 Å². The number of hydrogen-bond donors (Lipinski definition) is 0. The average molecular weight is 620 g/mol. The molecular weight excluding hydrogens is 599 g/mol. The van der Waals surface area contributed by atoms with Crippen molar-refractivity contribution in [3.63, 3.8) is 0 Å². The molecule has 0 aliphatic heterocycles. The van der Waals surface area contributed by atoms with Gasteiger partial charge in [0.05, 0.1) is 28.1 Å². The molecule has 6 aromatic carbocycles. The highest BCUT2D eigenvalue weighted by Gasteiger charge is 2.26. The van der Waals surface area contributed by atoms with E-state index in [9.17, 15) is 5.26 Å². The fourth-order valence-corrected chi connectivity index (χ4v) is 8.08. The van der Waals surface area contributed by atoms with Gasteiger partial charge in [0.25, 0.3) is 0 Å². The molecule has 10 rings (SSSR count). The van der Waals surface area contributed by atoms with Crippen LogP contribution >= 0.6 is 11.3 Å². The lowest BCUT2D eigenvalue weighted by molar-refractivity contribution is 0.673. The number of hydrogen-bond acceptors (Lipinski definition) is 6. The van der Waals surface area contributed by atoms with Gasteiger partial charge < -0.3 is 4.42 Å². The fraction of sp³-hybridized carbons (Fsp3) is 0. The van der Waals surface area contributed by atoms with Crippen molar-refractivity contribution in [1.82, 2.24) is 19.5 Å². The predicted molar refractivity (Wildman–Crippen MR) is 190 cm³/mol. The zero-order valence-corrected chi connectivity index (χ0v) is 25.5. The Hall–Kier alpha value is -6.36. The number of aromatic nitrogens is 4. The number of thiophene rings is 1. The zero-order valence-electron chi connectivity index (χ0n) is 24.7. The molecule has 0 aliphatic carbocycles. The molecule has 0 saturated carbocycles. The summed E-state index contributed by atoms with van der Waals surface area (Å²) in [6, 6.07) is 44.8. The Morgan fingerprint density at radius 2 is 1.26 bits per heavy atom. The Morgan fingerprint density at radius 1 is 0.596 bits per heavy atom. The van der Waals surface area contributed by atoms with Crippen LogP contribution in [0.5, 0.6) is 0 Å². The Morgan fingerprint density at radius 3 is 2.04 bits per heavy atom. The molecule has 10 aromatic rings. The molecule has 0 N–H and O–H groups in total. The Kier molecular flexibility index (Phi) is 5.41. The Balaban J connectivity index is 1.42. The van der Waals surface area contributed by atoms with Crippen LogP contribution in [0.3, 0.4) is 0 Å². The Labute approximate surface area is 271 Å². The summed E-state index contributed by atoms with van der Waals surface area (Å²) in [5.41, 5.74) is 5.96. The summed E-state index contributed by atoms with van der Waals surface area (Å²) >= 11 is 1.79. The number of para-hydroxylation sites is 2. The van der Waals surface area contributed by atoms with E-state index in [1.165, 1.54) is 14.8 Å². The van der Waals surface area contributed by atoms with Crippen LogP contribution in [0.25, 0.3) is 92.6 Å². The second-order valence-electron chi connectivity index (χ2n) is 11.5. The lowest BCUT2D eigenvalue weighted by Crippen LogP contribution is -2.06. The number of benzene rings is 6. The van der Waals surface area contributed by atoms with E-state index in [0.29, 0.717) is 23.2 Å². The molecule has 0 amide bonds. The summed E-state index contributed by atoms with van der Waals surface area (Å²) in [7, 11) is 0. The molecular formula is C40H21N5OS. The highest BCUT2D eigenvalue weighted by molar-refractivity contribution is 7.27. The number of nitrogens with zero attached hydrogens (tertiary/aromatic N) is 5. The first-order valence-electron chi connectivity index (χ1n) is 15.3. The molecule has 47 heavy (non-hydrogen) atoms. The highest BCUT2D eigenvalue weighted by atomic mass is 32.1. The molecule has 0 bridgehead atoms. The molecule has 0 atom stereocenters. The van der Waals surface area contributed by atoms with Crippen molar-refractivity contribution < 1.29 is 4.42 Å². The van der Waals surface area contributed by atoms with Gasteiger partial charge >= 0.3 is 0 Å². The van der Waals surface area contributed by atoms with E-state index in [-0.39, 0.29) is 0 Å². The van der Waals surface area contributed by atoms with Crippen LogP contribution in [0.1, 0.15) is 5.56 Å². The third-order valence-electron chi connectivity index (χ3n) is 8.88. The van der Waals surface area contributed by atoms with E-state index in [0.717, 1.165) is 60.3 Å². The standard InChI is InChI=1S/C40H21N5OS/c41-22-23-18-20-25(21-19-23)39-42-38(24-10-2-1-3-11-24)43-40(44-39)45-29-15-7-4-12-26(29)33-35(45)32-27-13-5-8-16-30(27)46-36(32)34-28-14-6-9-17-31(28)47-37(33)34/h1-21H. The van der Waals surface area contributed by atoms with Crippen molar-refractivity contribution >= 4 is 75.3 Å². The molecule has 6 nitrogen and oxygen atoms in total. The van der Waals surface area contributed by atoms with Gasteiger partial charge in [0, 0.05) is 47.5 Å².